The fourth-order valence-electron chi connectivity index (χ4n) is 2.25. The largest absolute Gasteiger partial charge is 0.482 e. The summed E-state index contributed by atoms with van der Waals surface area (Å²) in [6.45, 7) is 0.389. The summed E-state index contributed by atoms with van der Waals surface area (Å²) in [6.07, 6.45) is 1.52. The first kappa shape index (κ1) is 12.6. The van der Waals surface area contributed by atoms with Crippen molar-refractivity contribution in [1.29, 1.82) is 0 Å². The summed E-state index contributed by atoms with van der Waals surface area (Å²) in [6, 6.07) is 19.9. The molecule has 0 aliphatic rings. The molecule has 0 saturated heterocycles. The minimum absolute atomic E-state index is 0.234. The van der Waals surface area contributed by atoms with Crippen molar-refractivity contribution in [1.82, 2.24) is 4.98 Å². The normalized spacial score (nSPS) is 12.2. The van der Waals surface area contributed by atoms with Crippen LogP contribution in [0, 0.1) is 0 Å². The Balaban J connectivity index is 1.96. The van der Waals surface area contributed by atoms with E-state index in [4.69, 9.17) is 10.5 Å². The third-order valence-corrected chi connectivity index (χ3v) is 3.25. The summed E-state index contributed by atoms with van der Waals surface area (Å²) in [5, 5.41) is 2.24. The van der Waals surface area contributed by atoms with Gasteiger partial charge >= 0.3 is 0 Å². The molecule has 3 aromatic rings. The lowest BCUT2D eigenvalue weighted by atomic mass is 10.1. The Labute approximate surface area is 118 Å². The van der Waals surface area contributed by atoms with E-state index in [-0.39, 0.29) is 6.10 Å². The quantitative estimate of drug-likeness (QED) is 0.786. The number of rotatable bonds is 4. The first-order valence-electron chi connectivity index (χ1n) is 6.64. The Morgan fingerprint density at radius 3 is 2.55 bits per heavy atom. The second-order valence-electron chi connectivity index (χ2n) is 4.57. The van der Waals surface area contributed by atoms with Gasteiger partial charge in [-0.2, -0.15) is 0 Å². The Bertz CT molecular complexity index is 692. The maximum atomic E-state index is 6.08. The molecule has 1 atom stereocenters. The van der Waals surface area contributed by atoms with Crippen molar-refractivity contribution in [3.05, 3.63) is 72.6 Å². The van der Waals surface area contributed by atoms with Gasteiger partial charge in [-0.3, -0.25) is 4.98 Å². The van der Waals surface area contributed by atoms with Crippen LogP contribution in [0.1, 0.15) is 11.8 Å². The lowest BCUT2D eigenvalue weighted by Gasteiger charge is -2.18. The molecule has 20 heavy (non-hydrogen) atoms. The molecule has 1 unspecified atom stereocenters. The molecule has 0 radical (unpaired) electrons. The van der Waals surface area contributed by atoms with E-state index in [1.807, 2.05) is 42.5 Å². The maximum Gasteiger partial charge on any atom is 0.153 e. The third-order valence-electron chi connectivity index (χ3n) is 3.25. The number of aromatic nitrogens is 1. The highest BCUT2D eigenvalue weighted by atomic mass is 16.5. The van der Waals surface area contributed by atoms with E-state index in [1.165, 1.54) is 0 Å². The van der Waals surface area contributed by atoms with E-state index in [0.717, 1.165) is 22.2 Å². The molecule has 1 aromatic heterocycles. The topological polar surface area (TPSA) is 48.1 Å². The van der Waals surface area contributed by atoms with E-state index >= 15 is 0 Å². The first-order valence-corrected chi connectivity index (χ1v) is 6.64. The van der Waals surface area contributed by atoms with Crippen LogP contribution in [0.4, 0.5) is 0 Å². The molecule has 3 nitrogen and oxygen atoms in total. The van der Waals surface area contributed by atoms with Crippen LogP contribution in [0.25, 0.3) is 10.8 Å². The minimum atomic E-state index is -0.234. The van der Waals surface area contributed by atoms with Crippen LogP contribution in [0.3, 0.4) is 0 Å². The number of hydrogen-bond donors (Lipinski definition) is 1. The smallest absolute Gasteiger partial charge is 0.153 e. The fourth-order valence-corrected chi connectivity index (χ4v) is 2.25. The second kappa shape index (κ2) is 5.72. The number of benzene rings is 2. The van der Waals surface area contributed by atoms with Crippen LogP contribution in [0.2, 0.25) is 0 Å². The monoisotopic (exact) mass is 264 g/mol. The van der Waals surface area contributed by atoms with Gasteiger partial charge in [0.15, 0.2) is 6.10 Å². The van der Waals surface area contributed by atoms with E-state index in [0.29, 0.717) is 6.54 Å². The molecule has 100 valence electrons. The molecular formula is C17H16N2O. The molecule has 0 amide bonds. The van der Waals surface area contributed by atoms with Crippen molar-refractivity contribution in [2.45, 2.75) is 6.10 Å². The first-order chi connectivity index (χ1) is 9.88. The Hall–Kier alpha value is -2.39. The van der Waals surface area contributed by atoms with Crippen molar-refractivity contribution in [2.75, 3.05) is 6.54 Å². The Morgan fingerprint density at radius 2 is 1.75 bits per heavy atom. The predicted molar refractivity (Wildman–Crippen MR) is 80.6 cm³/mol. The predicted octanol–water partition coefficient (Wildman–Crippen LogP) is 3.31. The molecule has 0 aliphatic heterocycles. The molecule has 1 heterocycles. The van der Waals surface area contributed by atoms with Gasteiger partial charge in [0.05, 0.1) is 5.69 Å². The number of ether oxygens (including phenoxy) is 1. The van der Waals surface area contributed by atoms with Gasteiger partial charge in [0.2, 0.25) is 0 Å². The molecule has 0 bridgehead atoms. The van der Waals surface area contributed by atoms with Crippen molar-refractivity contribution >= 4 is 10.8 Å². The Morgan fingerprint density at radius 1 is 0.950 bits per heavy atom. The average Bonchev–Trinajstić information content (AvgIpc) is 2.53. The molecule has 2 aromatic carbocycles. The van der Waals surface area contributed by atoms with Gasteiger partial charge in [0.1, 0.15) is 5.75 Å². The van der Waals surface area contributed by atoms with Crippen LogP contribution >= 0.6 is 0 Å². The molecule has 3 heteroatoms. The molecule has 3 rings (SSSR count). The zero-order valence-electron chi connectivity index (χ0n) is 11.1. The van der Waals surface area contributed by atoms with Crippen molar-refractivity contribution in [2.24, 2.45) is 5.73 Å². The van der Waals surface area contributed by atoms with Gasteiger partial charge in [0, 0.05) is 18.1 Å². The van der Waals surface area contributed by atoms with Crippen LogP contribution in [0.15, 0.2) is 66.9 Å². The van der Waals surface area contributed by atoms with E-state index in [9.17, 15) is 0 Å². The SMILES string of the molecule is NCC(Oc1cccc2ccccc12)c1ccccn1. The van der Waals surface area contributed by atoms with Crippen LogP contribution in [-0.4, -0.2) is 11.5 Å². The van der Waals surface area contributed by atoms with Gasteiger partial charge in [-0.25, -0.2) is 0 Å². The van der Waals surface area contributed by atoms with Crippen LogP contribution in [-0.2, 0) is 0 Å². The van der Waals surface area contributed by atoms with E-state index < -0.39 is 0 Å². The standard InChI is InChI=1S/C17H16N2O/c18-12-17(15-9-3-4-11-19-15)20-16-10-5-7-13-6-1-2-8-14(13)16/h1-11,17H,12,18H2. The van der Waals surface area contributed by atoms with Gasteiger partial charge in [-0.05, 0) is 23.6 Å². The number of nitrogens with two attached hydrogens (primary N) is 1. The summed E-state index contributed by atoms with van der Waals surface area (Å²) < 4.78 is 6.08. The van der Waals surface area contributed by atoms with Gasteiger partial charge in [0.25, 0.3) is 0 Å². The van der Waals surface area contributed by atoms with Crippen LogP contribution < -0.4 is 10.5 Å². The lowest BCUT2D eigenvalue weighted by Crippen LogP contribution is -2.19. The summed E-state index contributed by atoms with van der Waals surface area (Å²) in [5.41, 5.74) is 6.68. The third kappa shape index (κ3) is 2.49. The molecular weight excluding hydrogens is 248 g/mol. The summed E-state index contributed by atoms with van der Waals surface area (Å²) in [5.74, 6) is 0.837. The molecule has 0 aliphatic carbocycles. The zero-order chi connectivity index (χ0) is 13.8. The number of fused-ring (bicyclic) bond motifs is 1. The number of pyridine rings is 1. The minimum Gasteiger partial charge on any atom is -0.482 e. The highest BCUT2D eigenvalue weighted by molar-refractivity contribution is 5.88. The lowest BCUT2D eigenvalue weighted by molar-refractivity contribution is 0.212. The highest BCUT2D eigenvalue weighted by Gasteiger charge is 2.13. The number of nitrogens with zero attached hydrogens (tertiary/aromatic N) is 1. The summed E-state index contributed by atoms with van der Waals surface area (Å²) >= 11 is 0. The van der Waals surface area contributed by atoms with Gasteiger partial charge in [-0.1, -0.05) is 42.5 Å². The number of hydrogen-bond acceptors (Lipinski definition) is 3. The van der Waals surface area contributed by atoms with Crippen LogP contribution in [0.5, 0.6) is 5.75 Å². The maximum absolute atomic E-state index is 6.08. The molecule has 2 N–H and O–H groups in total. The average molecular weight is 264 g/mol. The second-order valence-corrected chi connectivity index (χ2v) is 4.57. The van der Waals surface area contributed by atoms with E-state index in [2.05, 4.69) is 23.2 Å². The molecule has 0 saturated carbocycles. The van der Waals surface area contributed by atoms with Gasteiger partial charge in [-0.15, -0.1) is 0 Å². The summed E-state index contributed by atoms with van der Waals surface area (Å²) in [7, 11) is 0. The van der Waals surface area contributed by atoms with Crippen molar-refractivity contribution < 1.29 is 4.74 Å². The fraction of sp³-hybridized carbons (Fsp3) is 0.118. The van der Waals surface area contributed by atoms with Crippen molar-refractivity contribution in [3.63, 3.8) is 0 Å². The summed E-state index contributed by atoms with van der Waals surface area (Å²) in [4.78, 5) is 4.32. The zero-order valence-corrected chi connectivity index (χ0v) is 11.1. The Kier molecular flexibility index (Phi) is 3.61. The van der Waals surface area contributed by atoms with Gasteiger partial charge < -0.3 is 10.5 Å². The molecule has 0 fully saturated rings. The highest BCUT2D eigenvalue weighted by Crippen LogP contribution is 2.28. The van der Waals surface area contributed by atoms with E-state index in [1.54, 1.807) is 6.20 Å². The van der Waals surface area contributed by atoms with Crippen molar-refractivity contribution in [3.8, 4) is 5.75 Å². The molecule has 0 spiro atoms.